The Kier molecular flexibility index (Phi) is 4.06. The third kappa shape index (κ3) is 3.14. The van der Waals surface area contributed by atoms with E-state index in [2.05, 4.69) is 15.5 Å². The Morgan fingerprint density at radius 2 is 2.44 bits per heavy atom. The molecule has 0 radical (unpaired) electrons. The van der Waals surface area contributed by atoms with E-state index in [0.717, 1.165) is 5.56 Å². The molecular weight excluding hydrogens is 254 g/mol. The van der Waals surface area contributed by atoms with Crippen molar-refractivity contribution >= 4 is 17.3 Å². The van der Waals surface area contributed by atoms with Crippen LogP contribution >= 0.6 is 11.3 Å². The first-order valence-electron chi connectivity index (χ1n) is 5.46. The molecule has 0 saturated heterocycles. The molecule has 0 aromatic carbocycles. The molecule has 0 aliphatic heterocycles. The lowest BCUT2D eigenvalue weighted by atomic mass is 10.2. The van der Waals surface area contributed by atoms with Crippen LogP contribution in [0.5, 0.6) is 0 Å². The fourth-order valence-corrected chi connectivity index (χ4v) is 2.28. The number of nitrogens with zero attached hydrogens (tertiary/aromatic N) is 2. The van der Waals surface area contributed by atoms with Gasteiger partial charge in [-0.3, -0.25) is 0 Å². The number of thiophene rings is 1. The van der Waals surface area contributed by atoms with E-state index in [-0.39, 0.29) is 0 Å². The van der Waals surface area contributed by atoms with Gasteiger partial charge in [-0.2, -0.15) is 4.98 Å². The summed E-state index contributed by atoms with van der Waals surface area (Å²) < 4.78 is 4.97. The van der Waals surface area contributed by atoms with E-state index in [0.29, 0.717) is 36.1 Å². The number of carbonyl (C=O) groups is 1. The average molecular weight is 267 g/mol. The molecule has 6 nitrogen and oxygen atoms in total. The molecule has 96 valence electrons. The first-order valence-corrected chi connectivity index (χ1v) is 6.34. The van der Waals surface area contributed by atoms with Crippen LogP contribution in [0, 0.1) is 6.92 Å². The summed E-state index contributed by atoms with van der Waals surface area (Å²) in [5.41, 5.74) is 0.800. The highest BCUT2D eigenvalue weighted by atomic mass is 32.1. The molecule has 0 unspecified atom stereocenters. The normalized spacial score (nSPS) is 10.7. The van der Waals surface area contributed by atoms with Gasteiger partial charge in [0, 0.05) is 19.5 Å². The van der Waals surface area contributed by atoms with E-state index in [1.54, 1.807) is 12.3 Å². The monoisotopic (exact) mass is 267 g/mol. The molecule has 0 aliphatic carbocycles. The first-order chi connectivity index (χ1) is 8.66. The first kappa shape index (κ1) is 12.7. The second kappa shape index (κ2) is 5.74. The highest BCUT2D eigenvalue weighted by Gasteiger charge is 2.10. The molecule has 0 atom stereocenters. The third-order valence-electron chi connectivity index (χ3n) is 2.34. The van der Waals surface area contributed by atoms with Gasteiger partial charge in [-0.25, -0.2) is 4.79 Å². The molecular formula is C11H13N3O3S. The average Bonchev–Trinajstić information content (AvgIpc) is 2.93. The van der Waals surface area contributed by atoms with Crippen molar-refractivity contribution in [2.24, 2.45) is 0 Å². The predicted octanol–water partition coefficient (Wildman–Crippen LogP) is 1.47. The third-order valence-corrected chi connectivity index (χ3v) is 3.29. The molecule has 0 bridgehead atoms. The van der Waals surface area contributed by atoms with Gasteiger partial charge in [0.05, 0.1) is 0 Å². The Morgan fingerprint density at radius 3 is 3.11 bits per heavy atom. The van der Waals surface area contributed by atoms with Crippen molar-refractivity contribution in [3.05, 3.63) is 33.6 Å². The number of aromatic carboxylic acids is 1. The van der Waals surface area contributed by atoms with E-state index in [4.69, 9.17) is 9.63 Å². The fourth-order valence-electron chi connectivity index (χ4n) is 1.52. The van der Waals surface area contributed by atoms with Crippen LogP contribution in [-0.4, -0.2) is 27.8 Å². The smallest absolute Gasteiger partial charge is 0.346 e. The lowest BCUT2D eigenvalue weighted by Gasteiger charge is -2.02. The Hall–Kier alpha value is -1.73. The van der Waals surface area contributed by atoms with Crippen LogP contribution in [-0.2, 0) is 13.0 Å². The molecule has 0 saturated carbocycles. The van der Waals surface area contributed by atoms with Crippen molar-refractivity contribution in [1.29, 1.82) is 0 Å². The molecule has 0 aliphatic rings. The Labute approximate surface area is 108 Å². The SMILES string of the molecule is Cc1noc(CCNCc2ccsc2C(=O)O)n1. The van der Waals surface area contributed by atoms with E-state index in [1.807, 2.05) is 6.07 Å². The Bertz CT molecular complexity index is 535. The topological polar surface area (TPSA) is 88.2 Å². The lowest BCUT2D eigenvalue weighted by Crippen LogP contribution is -2.17. The van der Waals surface area contributed by atoms with Crippen LogP contribution in [0.1, 0.15) is 27.0 Å². The quantitative estimate of drug-likeness (QED) is 0.770. The molecule has 0 spiro atoms. The van der Waals surface area contributed by atoms with Gasteiger partial charge in [-0.05, 0) is 23.9 Å². The number of aromatic nitrogens is 2. The maximum atomic E-state index is 10.9. The van der Waals surface area contributed by atoms with Crippen LogP contribution < -0.4 is 5.32 Å². The second-order valence-electron chi connectivity index (χ2n) is 3.74. The van der Waals surface area contributed by atoms with Crippen molar-refractivity contribution in [1.82, 2.24) is 15.5 Å². The summed E-state index contributed by atoms with van der Waals surface area (Å²) in [6.45, 7) is 2.96. The van der Waals surface area contributed by atoms with Crippen molar-refractivity contribution in [3.8, 4) is 0 Å². The maximum Gasteiger partial charge on any atom is 0.346 e. The van der Waals surface area contributed by atoms with Gasteiger partial charge in [0.2, 0.25) is 5.89 Å². The number of rotatable bonds is 6. The number of nitrogens with one attached hydrogen (secondary N) is 1. The van der Waals surface area contributed by atoms with Crippen LogP contribution in [0.25, 0.3) is 0 Å². The Morgan fingerprint density at radius 1 is 1.61 bits per heavy atom. The summed E-state index contributed by atoms with van der Waals surface area (Å²) in [4.78, 5) is 15.4. The molecule has 2 rings (SSSR count). The molecule has 2 heterocycles. The van der Waals surface area contributed by atoms with Gasteiger partial charge in [0.25, 0.3) is 0 Å². The van der Waals surface area contributed by atoms with Crippen LogP contribution in [0.2, 0.25) is 0 Å². The van der Waals surface area contributed by atoms with Crippen molar-refractivity contribution in [3.63, 3.8) is 0 Å². The van der Waals surface area contributed by atoms with Gasteiger partial charge in [0.15, 0.2) is 5.82 Å². The zero-order chi connectivity index (χ0) is 13.0. The summed E-state index contributed by atoms with van der Waals surface area (Å²) in [7, 11) is 0. The van der Waals surface area contributed by atoms with E-state index in [9.17, 15) is 4.79 Å². The van der Waals surface area contributed by atoms with Crippen molar-refractivity contribution < 1.29 is 14.4 Å². The van der Waals surface area contributed by atoms with E-state index in [1.165, 1.54) is 11.3 Å². The van der Waals surface area contributed by atoms with Gasteiger partial charge in [-0.1, -0.05) is 5.16 Å². The maximum absolute atomic E-state index is 10.9. The lowest BCUT2D eigenvalue weighted by molar-refractivity contribution is 0.0701. The fraction of sp³-hybridized carbons (Fsp3) is 0.364. The summed E-state index contributed by atoms with van der Waals surface area (Å²) >= 11 is 1.23. The summed E-state index contributed by atoms with van der Waals surface area (Å²) in [6.07, 6.45) is 0.632. The highest BCUT2D eigenvalue weighted by molar-refractivity contribution is 7.12. The minimum atomic E-state index is -0.880. The van der Waals surface area contributed by atoms with E-state index >= 15 is 0 Å². The predicted molar refractivity (Wildman–Crippen MR) is 65.7 cm³/mol. The van der Waals surface area contributed by atoms with E-state index < -0.39 is 5.97 Å². The molecule has 2 aromatic heterocycles. The summed E-state index contributed by atoms with van der Waals surface area (Å²) in [6, 6.07) is 1.82. The Balaban J connectivity index is 1.78. The van der Waals surface area contributed by atoms with Crippen molar-refractivity contribution in [2.45, 2.75) is 19.9 Å². The van der Waals surface area contributed by atoms with Crippen molar-refractivity contribution in [2.75, 3.05) is 6.54 Å². The van der Waals surface area contributed by atoms with Crippen LogP contribution in [0.4, 0.5) is 0 Å². The molecule has 2 aromatic rings. The molecule has 7 heteroatoms. The molecule has 0 amide bonds. The molecule has 18 heavy (non-hydrogen) atoms. The zero-order valence-corrected chi connectivity index (χ0v) is 10.7. The minimum absolute atomic E-state index is 0.385. The standard InChI is InChI=1S/C11H13N3O3S/c1-7-13-9(17-14-7)2-4-12-6-8-3-5-18-10(8)11(15)16/h3,5,12H,2,4,6H2,1H3,(H,15,16). The van der Waals surface area contributed by atoms with Gasteiger partial charge in [-0.15, -0.1) is 11.3 Å². The number of carboxylic acid groups (broad SMARTS) is 1. The molecule has 0 fully saturated rings. The number of aryl methyl sites for hydroxylation is 1. The summed E-state index contributed by atoms with van der Waals surface area (Å²) in [5, 5.41) is 17.6. The van der Waals surface area contributed by atoms with Crippen LogP contribution in [0.3, 0.4) is 0 Å². The van der Waals surface area contributed by atoms with Gasteiger partial charge < -0.3 is 14.9 Å². The van der Waals surface area contributed by atoms with Gasteiger partial charge in [0.1, 0.15) is 4.88 Å². The largest absolute Gasteiger partial charge is 0.477 e. The highest BCUT2D eigenvalue weighted by Crippen LogP contribution is 2.16. The number of hydrogen-bond donors (Lipinski definition) is 2. The second-order valence-corrected chi connectivity index (χ2v) is 4.66. The molecule has 2 N–H and O–H groups in total. The van der Waals surface area contributed by atoms with Gasteiger partial charge >= 0.3 is 5.97 Å². The zero-order valence-electron chi connectivity index (χ0n) is 9.84. The van der Waals surface area contributed by atoms with Crippen LogP contribution in [0.15, 0.2) is 16.0 Å². The number of carboxylic acids is 1. The number of hydrogen-bond acceptors (Lipinski definition) is 6. The minimum Gasteiger partial charge on any atom is -0.477 e. The summed E-state index contributed by atoms with van der Waals surface area (Å²) in [5.74, 6) is 0.328.